The number of carbonyl (C=O) groups is 1. The van der Waals surface area contributed by atoms with E-state index in [1.54, 1.807) is 18.8 Å². The normalized spacial score (nSPS) is 16.5. The molecule has 0 spiro atoms. The van der Waals surface area contributed by atoms with Gasteiger partial charge in [0.15, 0.2) is 11.5 Å². The molecule has 94 valence electrons. The lowest BCUT2D eigenvalue weighted by Crippen LogP contribution is -2.23. The quantitative estimate of drug-likeness (QED) is 0.720. The van der Waals surface area contributed by atoms with Gasteiger partial charge in [-0.3, -0.25) is 9.48 Å². The molecular weight excluding hydrogens is 223 g/mol. The average Bonchev–Trinajstić information content (AvgIpc) is 2.47. The lowest BCUT2D eigenvalue weighted by atomic mass is 10.3. The van der Waals surface area contributed by atoms with Gasteiger partial charge in [-0.1, -0.05) is 0 Å². The fraction of sp³-hybridized carbons (Fsp3) is 0.636. The highest BCUT2D eigenvalue weighted by molar-refractivity contribution is 5.92. The van der Waals surface area contributed by atoms with E-state index in [0.29, 0.717) is 18.8 Å². The summed E-state index contributed by atoms with van der Waals surface area (Å²) in [6, 6.07) is 0. The molecule has 0 aliphatic carbocycles. The average molecular weight is 240 g/mol. The Hall–Kier alpha value is -1.43. The molecule has 0 radical (unpaired) electrons. The molecule has 1 amide bonds. The van der Waals surface area contributed by atoms with Gasteiger partial charge in [0.25, 0.3) is 5.91 Å². The summed E-state index contributed by atoms with van der Waals surface area (Å²) < 4.78 is 15.7. The summed E-state index contributed by atoms with van der Waals surface area (Å²) in [4.78, 5) is 15.1. The zero-order valence-electron chi connectivity index (χ0n) is 10.4. The van der Waals surface area contributed by atoms with E-state index >= 15 is 0 Å². The van der Waals surface area contributed by atoms with E-state index in [2.05, 4.69) is 5.10 Å². The Bertz CT molecular complexity index is 441. The molecule has 6 heteroatoms. The molecule has 0 unspecified atom stereocenters. The molecule has 5 nitrogen and oxygen atoms in total. The highest BCUT2D eigenvalue weighted by Gasteiger charge is 2.26. The van der Waals surface area contributed by atoms with Crippen LogP contribution in [-0.4, -0.2) is 53.2 Å². The predicted molar refractivity (Wildman–Crippen MR) is 61.2 cm³/mol. The van der Waals surface area contributed by atoms with E-state index in [0.717, 1.165) is 13.0 Å². The third-order valence-electron chi connectivity index (χ3n) is 2.93. The first kappa shape index (κ1) is 12.0. The van der Waals surface area contributed by atoms with Crippen molar-refractivity contribution in [1.29, 1.82) is 0 Å². The zero-order chi connectivity index (χ0) is 12.6. The van der Waals surface area contributed by atoms with Gasteiger partial charge >= 0.3 is 0 Å². The highest BCUT2D eigenvalue weighted by Crippen LogP contribution is 2.18. The Kier molecular flexibility index (Phi) is 3.15. The molecule has 1 aromatic rings. The second-order valence-corrected chi connectivity index (χ2v) is 4.62. The largest absolute Gasteiger partial charge is 0.343 e. The molecule has 2 rings (SSSR count). The van der Waals surface area contributed by atoms with Crippen molar-refractivity contribution in [3.05, 3.63) is 17.2 Å². The van der Waals surface area contributed by atoms with Gasteiger partial charge in [-0.05, 0) is 13.5 Å². The molecule has 0 atom stereocenters. The van der Waals surface area contributed by atoms with Gasteiger partial charge in [-0.2, -0.15) is 5.10 Å². The highest BCUT2D eigenvalue weighted by atomic mass is 19.1. The summed E-state index contributed by atoms with van der Waals surface area (Å²) in [6.45, 7) is 2.08. The molecule has 0 bridgehead atoms. The van der Waals surface area contributed by atoms with Gasteiger partial charge in [-0.25, -0.2) is 4.39 Å². The lowest BCUT2D eigenvalue weighted by molar-refractivity contribution is 0.0816. The summed E-state index contributed by atoms with van der Waals surface area (Å²) in [5.41, 5.74) is 0.440. The summed E-state index contributed by atoms with van der Waals surface area (Å²) in [5, 5.41) is 4.09. The third kappa shape index (κ3) is 2.17. The maximum atomic E-state index is 14.1. The molecule has 1 aliphatic heterocycles. The van der Waals surface area contributed by atoms with E-state index in [1.807, 2.05) is 11.9 Å². The summed E-state index contributed by atoms with van der Waals surface area (Å²) in [7, 11) is 5.13. The molecule has 0 N–H and O–H groups in total. The minimum atomic E-state index is -0.475. The number of fused-ring (bicyclic) bond motifs is 1. The first-order valence-corrected chi connectivity index (χ1v) is 5.66. The van der Waals surface area contributed by atoms with Crippen molar-refractivity contribution < 1.29 is 9.18 Å². The third-order valence-corrected chi connectivity index (χ3v) is 2.93. The van der Waals surface area contributed by atoms with Gasteiger partial charge in [-0.15, -0.1) is 0 Å². The Labute approximate surface area is 99.8 Å². The first-order valence-electron chi connectivity index (χ1n) is 5.66. The maximum absolute atomic E-state index is 14.1. The monoisotopic (exact) mass is 240 g/mol. The molecule has 0 saturated heterocycles. The zero-order valence-corrected chi connectivity index (χ0v) is 10.4. The van der Waals surface area contributed by atoms with Crippen LogP contribution in [0.1, 0.15) is 22.6 Å². The van der Waals surface area contributed by atoms with E-state index in [1.165, 1.54) is 4.90 Å². The second kappa shape index (κ2) is 4.44. The van der Waals surface area contributed by atoms with Gasteiger partial charge < -0.3 is 9.80 Å². The molecule has 0 fully saturated rings. The summed E-state index contributed by atoms with van der Waals surface area (Å²) in [6.07, 6.45) is 0.917. The van der Waals surface area contributed by atoms with Gasteiger partial charge in [0.1, 0.15) is 0 Å². The predicted octanol–water partition coefficient (Wildman–Crippen LogP) is 0.560. The fourth-order valence-corrected chi connectivity index (χ4v) is 1.98. The van der Waals surface area contributed by atoms with Crippen LogP contribution in [-0.2, 0) is 13.1 Å². The first-order chi connectivity index (χ1) is 8.00. The number of amides is 1. The van der Waals surface area contributed by atoms with Crippen LogP contribution in [0.15, 0.2) is 0 Å². The number of carbonyl (C=O) groups excluding carboxylic acids is 1. The molecule has 2 heterocycles. The van der Waals surface area contributed by atoms with E-state index < -0.39 is 5.82 Å². The number of aromatic nitrogens is 2. The van der Waals surface area contributed by atoms with Crippen molar-refractivity contribution in [2.75, 3.05) is 27.7 Å². The summed E-state index contributed by atoms with van der Waals surface area (Å²) in [5.74, 6) is -0.858. The Morgan fingerprint density at radius 3 is 2.76 bits per heavy atom. The minimum Gasteiger partial charge on any atom is -0.343 e. The maximum Gasteiger partial charge on any atom is 0.276 e. The number of aryl methyl sites for hydroxylation is 1. The Morgan fingerprint density at radius 2 is 2.12 bits per heavy atom. The number of halogens is 1. The molecule has 1 aromatic heterocycles. The lowest BCUT2D eigenvalue weighted by Gasteiger charge is -2.11. The molecule has 0 saturated carbocycles. The van der Waals surface area contributed by atoms with Crippen LogP contribution in [0, 0.1) is 5.82 Å². The van der Waals surface area contributed by atoms with Crippen LogP contribution in [0.3, 0.4) is 0 Å². The van der Waals surface area contributed by atoms with Gasteiger partial charge in [0.2, 0.25) is 0 Å². The number of hydrogen-bond acceptors (Lipinski definition) is 3. The van der Waals surface area contributed by atoms with Crippen molar-refractivity contribution in [2.45, 2.75) is 19.5 Å². The SMILES string of the molecule is CN1CCCn2nc(C(=O)N(C)C)c(F)c2C1. The van der Waals surface area contributed by atoms with E-state index in [-0.39, 0.29) is 11.6 Å². The standard InChI is InChI=1S/C11H17FN4O/c1-14(2)11(17)10-9(12)8-7-15(3)5-4-6-16(8)13-10/h4-7H2,1-3H3. The topological polar surface area (TPSA) is 41.4 Å². The van der Waals surface area contributed by atoms with Gasteiger partial charge in [0, 0.05) is 33.7 Å². The van der Waals surface area contributed by atoms with Crippen LogP contribution in [0.4, 0.5) is 4.39 Å². The minimum absolute atomic E-state index is 0.0692. The second-order valence-electron chi connectivity index (χ2n) is 4.62. The molecular formula is C11H17FN4O. The number of rotatable bonds is 1. The van der Waals surface area contributed by atoms with E-state index in [4.69, 9.17) is 0 Å². The smallest absolute Gasteiger partial charge is 0.276 e. The Balaban J connectivity index is 2.39. The fourth-order valence-electron chi connectivity index (χ4n) is 1.98. The van der Waals surface area contributed by atoms with Crippen LogP contribution in [0.5, 0.6) is 0 Å². The van der Waals surface area contributed by atoms with Crippen LogP contribution in [0.2, 0.25) is 0 Å². The van der Waals surface area contributed by atoms with Crippen molar-refractivity contribution in [1.82, 2.24) is 19.6 Å². The molecule has 1 aliphatic rings. The molecule has 17 heavy (non-hydrogen) atoms. The number of nitrogens with zero attached hydrogens (tertiary/aromatic N) is 4. The van der Waals surface area contributed by atoms with Crippen molar-refractivity contribution >= 4 is 5.91 Å². The van der Waals surface area contributed by atoms with Gasteiger partial charge in [0.05, 0.1) is 5.69 Å². The van der Waals surface area contributed by atoms with Crippen LogP contribution < -0.4 is 0 Å². The van der Waals surface area contributed by atoms with Crippen molar-refractivity contribution in [3.8, 4) is 0 Å². The van der Waals surface area contributed by atoms with Crippen molar-refractivity contribution in [3.63, 3.8) is 0 Å². The van der Waals surface area contributed by atoms with E-state index in [9.17, 15) is 9.18 Å². The summed E-state index contributed by atoms with van der Waals surface area (Å²) >= 11 is 0. The van der Waals surface area contributed by atoms with Crippen LogP contribution >= 0.6 is 0 Å². The molecule has 0 aromatic carbocycles. The Morgan fingerprint density at radius 1 is 1.41 bits per heavy atom. The van der Waals surface area contributed by atoms with Crippen LogP contribution in [0.25, 0.3) is 0 Å². The number of hydrogen-bond donors (Lipinski definition) is 0. The van der Waals surface area contributed by atoms with Crippen molar-refractivity contribution in [2.24, 2.45) is 0 Å².